The maximum Gasteiger partial charge on any atom is 0.226 e. The molecule has 0 aromatic carbocycles. The standard InChI is InChI=1S/C8H16N2O2/c1-6(3-9-2)8(12)10-4-7(11)5-10/h6-7,9,11H,3-5H2,1-2H3. The van der Waals surface area contributed by atoms with Crippen LogP contribution < -0.4 is 5.32 Å². The minimum absolute atomic E-state index is 0.0162. The molecular weight excluding hydrogens is 156 g/mol. The lowest BCUT2D eigenvalue weighted by Gasteiger charge is -2.37. The van der Waals surface area contributed by atoms with Crippen molar-refractivity contribution >= 4 is 5.91 Å². The highest BCUT2D eigenvalue weighted by Crippen LogP contribution is 2.11. The second-order valence-electron chi connectivity index (χ2n) is 3.36. The Labute approximate surface area is 72.6 Å². The summed E-state index contributed by atoms with van der Waals surface area (Å²) in [6.45, 7) is 3.61. The minimum Gasteiger partial charge on any atom is -0.389 e. The van der Waals surface area contributed by atoms with E-state index in [-0.39, 0.29) is 17.9 Å². The van der Waals surface area contributed by atoms with Crippen molar-refractivity contribution in [3.8, 4) is 0 Å². The number of nitrogens with one attached hydrogen (secondary N) is 1. The number of hydrogen-bond donors (Lipinski definition) is 2. The van der Waals surface area contributed by atoms with Gasteiger partial charge >= 0.3 is 0 Å². The van der Waals surface area contributed by atoms with Crippen LogP contribution in [0.5, 0.6) is 0 Å². The summed E-state index contributed by atoms with van der Waals surface area (Å²) in [5, 5.41) is 11.9. The van der Waals surface area contributed by atoms with Gasteiger partial charge in [0.2, 0.25) is 5.91 Å². The Kier molecular flexibility index (Phi) is 3.05. The van der Waals surface area contributed by atoms with Gasteiger partial charge in [0.25, 0.3) is 0 Å². The third kappa shape index (κ3) is 1.95. The zero-order chi connectivity index (χ0) is 9.14. The molecule has 1 saturated heterocycles. The van der Waals surface area contributed by atoms with E-state index in [0.29, 0.717) is 19.6 Å². The van der Waals surface area contributed by atoms with Crippen LogP contribution in [-0.4, -0.2) is 48.7 Å². The maximum absolute atomic E-state index is 11.4. The molecule has 0 aromatic rings. The van der Waals surface area contributed by atoms with Gasteiger partial charge in [0.05, 0.1) is 6.10 Å². The molecule has 0 aliphatic carbocycles. The molecule has 12 heavy (non-hydrogen) atoms. The first-order valence-electron chi connectivity index (χ1n) is 4.26. The first-order valence-corrected chi connectivity index (χ1v) is 4.26. The van der Waals surface area contributed by atoms with Crippen molar-refractivity contribution in [1.82, 2.24) is 10.2 Å². The Hall–Kier alpha value is -0.610. The largest absolute Gasteiger partial charge is 0.389 e. The first-order chi connectivity index (χ1) is 5.65. The number of hydrogen-bond acceptors (Lipinski definition) is 3. The van der Waals surface area contributed by atoms with Crippen LogP contribution >= 0.6 is 0 Å². The number of likely N-dealkylation sites (tertiary alicyclic amines) is 1. The molecule has 1 fully saturated rings. The summed E-state index contributed by atoms with van der Waals surface area (Å²) in [6.07, 6.45) is -0.296. The number of amides is 1. The van der Waals surface area contributed by atoms with Crippen molar-refractivity contribution in [3.63, 3.8) is 0 Å². The van der Waals surface area contributed by atoms with Gasteiger partial charge in [0, 0.05) is 25.6 Å². The van der Waals surface area contributed by atoms with E-state index in [9.17, 15) is 4.79 Å². The molecule has 0 aromatic heterocycles. The summed E-state index contributed by atoms with van der Waals surface area (Å²) in [4.78, 5) is 13.1. The van der Waals surface area contributed by atoms with E-state index in [2.05, 4.69) is 5.32 Å². The van der Waals surface area contributed by atoms with Crippen molar-refractivity contribution in [2.75, 3.05) is 26.7 Å². The molecule has 4 nitrogen and oxygen atoms in total. The lowest BCUT2D eigenvalue weighted by Crippen LogP contribution is -2.55. The molecular formula is C8H16N2O2. The smallest absolute Gasteiger partial charge is 0.226 e. The average molecular weight is 172 g/mol. The summed E-state index contributed by atoms with van der Waals surface area (Å²) in [6, 6.07) is 0. The number of β-amino-alcohol motifs (C(OH)–C–C–N with tert-alkyl or cyclic N) is 1. The third-order valence-corrected chi connectivity index (χ3v) is 2.11. The summed E-state index contributed by atoms with van der Waals surface area (Å²) >= 11 is 0. The van der Waals surface area contributed by atoms with Gasteiger partial charge in [-0.15, -0.1) is 0 Å². The average Bonchev–Trinajstić information content (AvgIpc) is 1.98. The predicted octanol–water partition coefficient (Wildman–Crippen LogP) is -0.955. The lowest BCUT2D eigenvalue weighted by atomic mass is 10.1. The van der Waals surface area contributed by atoms with Crippen LogP contribution in [0, 0.1) is 5.92 Å². The quantitative estimate of drug-likeness (QED) is 0.577. The van der Waals surface area contributed by atoms with E-state index >= 15 is 0 Å². The predicted molar refractivity (Wildman–Crippen MR) is 45.7 cm³/mol. The Morgan fingerprint density at radius 2 is 2.33 bits per heavy atom. The molecule has 1 atom stereocenters. The van der Waals surface area contributed by atoms with Crippen molar-refractivity contribution < 1.29 is 9.90 Å². The summed E-state index contributed by atoms with van der Waals surface area (Å²) in [7, 11) is 1.83. The molecule has 70 valence electrons. The first kappa shape index (κ1) is 9.48. The van der Waals surface area contributed by atoms with Crippen molar-refractivity contribution in [3.05, 3.63) is 0 Å². The molecule has 1 rings (SSSR count). The highest BCUT2D eigenvalue weighted by Gasteiger charge is 2.30. The molecule has 4 heteroatoms. The van der Waals surface area contributed by atoms with E-state index in [1.165, 1.54) is 0 Å². The monoisotopic (exact) mass is 172 g/mol. The second-order valence-corrected chi connectivity index (χ2v) is 3.36. The van der Waals surface area contributed by atoms with Crippen molar-refractivity contribution in [2.24, 2.45) is 5.92 Å². The van der Waals surface area contributed by atoms with E-state index in [1.54, 1.807) is 4.90 Å². The van der Waals surface area contributed by atoms with Gasteiger partial charge in [-0.2, -0.15) is 0 Å². The maximum atomic E-state index is 11.4. The molecule has 1 aliphatic rings. The molecule has 1 amide bonds. The van der Waals surface area contributed by atoms with Crippen LogP contribution in [0.2, 0.25) is 0 Å². The van der Waals surface area contributed by atoms with Crippen LogP contribution in [0.1, 0.15) is 6.92 Å². The van der Waals surface area contributed by atoms with E-state index in [0.717, 1.165) is 0 Å². The van der Waals surface area contributed by atoms with Gasteiger partial charge in [-0.25, -0.2) is 0 Å². The second kappa shape index (κ2) is 3.87. The van der Waals surface area contributed by atoms with Gasteiger partial charge in [0.1, 0.15) is 0 Å². The molecule has 1 aliphatic heterocycles. The fourth-order valence-electron chi connectivity index (χ4n) is 1.34. The van der Waals surface area contributed by atoms with Crippen LogP contribution in [0.4, 0.5) is 0 Å². The van der Waals surface area contributed by atoms with Gasteiger partial charge in [-0.1, -0.05) is 6.92 Å². The summed E-state index contributed by atoms with van der Waals surface area (Å²) in [5.74, 6) is 0.150. The molecule has 1 unspecified atom stereocenters. The number of rotatable bonds is 3. The van der Waals surface area contributed by atoms with Crippen molar-refractivity contribution in [2.45, 2.75) is 13.0 Å². The Morgan fingerprint density at radius 3 is 2.75 bits per heavy atom. The zero-order valence-corrected chi connectivity index (χ0v) is 7.58. The molecule has 0 bridgehead atoms. The fraction of sp³-hybridized carbons (Fsp3) is 0.875. The van der Waals surface area contributed by atoms with Gasteiger partial charge < -0.3 is 15.3 Å². The number of nitrogens with zero attached hydrogens (tertiary/aromatic N) is 1. The highest BCUT2D eigenvalue weighted by atomic mass is 16.3. The molecule has 1 heterocycles. The minimum atomic E-state index is -0.296. The fourth-order valence-corrected chi connectivity index (χ4v) is 1.34. The number of carbonyl (C=O) groups is 1. The van der Waals surface area contributed by atoms with Crippen LogP contribution in [0.3, 0.4) is 0 Å². The van der Waals surface area contributed by atoms with E-state index in [1.807, 2.05) is 14.0 Å². The molecule has 2 N–H and O–H groups in total. The zero-order valence-electron chi connectivity index (χ0n) is 7.58. The van der Waals surface area contributed by atoms with E-state index in [4.69, 9.17) is 5.11 Å². The van der Waals surface area contributed by atoms with Gasteiger partial charge in [-0.05, 0) is 7.05 Å². The highest BCUT2D eigenvalue weighted by molar-refractivity contribution is 5.79. The van der Waals surface area contributed by atoms with Gasteiger partial charge in [-0.3, -0.25) is 4.79 Å². The summed E-state index contributed by atoms with van der Waals surface area (Å²) < 4.78 is 0. The van der Waals surface area contributed by atoms with Gasteiger partial charge in [0.15, 0.2) is 0 Å². The number of aliphatic hydroxyl groups excluding tert-OH is 1. The summed E-state index contributed by atoms with van der Waals surface area (Å²) in [5.41, 5.74) is 0. The Morgan fingerprint density at radius 1 is 1.75 bits per heavy atom. The van der Waals surface area contributed by atoms with Crippen LogP contribution in [0.25, 0.3) is 0 Å². The SMILES string of the molecule is CNCC(C)C(=O)N1CC(O)C1. The van der Waals surface area contributed by atoms with Crippen molar-refractivity contribution in [1.29, 1.82) is 0 Å². The molecule has 0 spiro atoms. The van der Waals surface area contributed by atoms with E-state index < -0.39 is 0 Å². The Bertz CT molecular complexity index is 160. The number of carbonyl (C=O) groups excluding carboxylic acids is 1. The van der Waals surface area contributed by atoms with Crippen LogP contribution in [-0.2, 0) is 4.79 Å². The van der Waals surface area contributed by atoms with Crippen LogP contribution in [0.15, 0.2) is 0 Å². The third-order valence-electron chi connectivity index (χ3n) is 2.11. The normalized spacial score (nSPS) is 20.4. The molecule has 0 radical (unpaired) electrons. The number of aliphatic hydroxyl groups is 1. The molecule has 0 saturated carbocycles. The lowest BCUT2D eigenvalue weighted by molar-refractivity contribution is -0.145. The Balaban J connectivity index is 2.28. The topological polar surface area (TPSA) is 52.6 Å².